The number of carbonyl (C=O) groups excluding carboxylic acids is 1. The van der Waals surface area contributed by atoms with Crippen molar-refractivity contribution in [3.63, 3.8) is 0 Å². The van der Waals surface area contributed by atoms with Crippen LogP contribution in [0.5, 0.6) is 5.75 Å². The van der Waals surface area contributed by atoms with Crippen LogP contribution in [0.2, 0.25) is 0 Å². The van der Waals surface area contributed by atoms with Crippen LogP contribution in [0.3, 0.4) is 0 Å². The molecule has 134 valence electrons. The Kier molecular flexibility index (Phi) is 5.35. The van der Waals surface area contributed by atoms with E-state index in [1.54, 1.807) is 13.3 Å². The fraction of sp³-hybridized carbons (Fsp3) is 0.444. The van der Waals surface area contributed by atoms with E-state index in [0.29, 0.717) is 19.6 Å². The Hall–Kier alpha value is -2.38. The van der Waals surface area contributed by atoms with Crippen molar-refractivity contribution in [2.45, 2.75) is 32.2 Å². The fourth-order valence-electron chi connectivity index (χ4n) is 3.41. The van der Waals surface area contributed by atoms with Gasteiger partial charge in [-0.1, -0.05) is 0 Å². The van der Waals surface area contributed by atoms with Gasteiger partial charge in [0.1, 0.15) is 18.8 Å². The van der Waals surface area contributed by atoms with E-state index in [1.807, 2.05) is 24.3 Å². The molecule has 1 aromatic heterocycles. The normalized spacial score (nSPS) is 17.0. The Morgan fingerprint density at radius 1 is 1.24 bits per heavy atom. The average Bonchev–Trinajstić information content (AvgIpc) is 2.84. The van der Waals surface area contributed by atoms with Gasteiger partial charge in [-0.2, -0.15) is 0 Å². The van der Waals surface area contributed by atoms with Gasteiger partial charge in [0.15, 0.2) is 6.09 Å². The highest BCUT2D eigenvalue weighted by Gasteiger charge is 2.29. The van der Waals surface area contributed by atoms with Gasteiger partial charge < -0.3 is 14.6 Å². The number of rotatable bonds is 5. The van der Waals surface area contributed by atoms with Gasteiger partial charge in [-0.25, -0.2) is 5.43 Å². The van der Waals surface area contributed by atoms with Crippen molar-refractivity contribution in [3.8, 4) is 5.75 Å². The quantitative estimate of drug-likeness (QED) is 0.803. The maximum atomic E-state index is 11.2. The third-order valence-corrected chi connectivity index (χ3v) is 4.75. The number of benzene rings is 1. The summed E-state index contributed by atoms with van der Waals surface area (Å²) >= 11 is 0. The molecule has 0 saturated carbocycles. The molecule has 1 aromatic carbocycles. The average molecular weight is 344 g/mol. The number of aromatic nitrogens is 1. The number of ether oxygens (including phenoxy) is 1. The molecule has 2 aromatic rings. The lowest BCUT2D eigenvalue weighted by molar-refractivity contribution is -1.00. The predicted octanol–water partition coefficient (Wildman–Crippen LogP) is 1.49. The Balaban J connectivity index is 1.85. The molecule has 3 rings (SSSR count). The van der Waals surface area contributed by atoms with Crippen molar-refractivity contribution >= 4 is 17.0 Å². The maximum absolute atomic E-state index is 11.2. The summed E-state index contributed by atoms with van der Waals surface area (Å²) in [7, 11) is 1.64. The number of hydrogen-bond donors (Lipinski definition) is 2. The molecule has 0 unspecified atom stereocenters. The predicted molar refractivity (Wildman–Crippen MR) is 92.1 cm³/mol. The van der Waals surface area contributed by atoms with Gasteiger partial charge in [0.25, 0.3) is 0 Å². The minimum atomic E-state index is -1.25. The van der Waals surface area contributed by atoms with E-state index < -0.39 is 6.09 Å². The van der Waals surface area contributed by atoms with Crippen molar-refractivity contribution in [1.29, 1.82) is 0 Å². The van der Waals surface area contributed by atoms with Crippen molar-refractivity contribution < 1.29 is 19.3 Å². The largest absolute Gasteiger partial charge is 0.526 e. The number of carboxylic acid groups (broad SMARTS) is 1. The number of nitrogens with zero attached hydrogens (tertiary/aromatic N) is 2. The first kappa shape index (κ1) is 17.4. The summed E-state index contributed by atoms with van der Waals surface area (Å²) in [6.07, 6.45) is 4.69. The molecule has 7 heteroatoms. The highest BCUT2D eigenvalue weighted by atomic mass is 16.5. The SMILES string of the molecule is COc1ccc2nccc(CN[N+]3(NC(=O)[O-])CCCCCC3)c2c1. The minimum Gasteiger partial charge on any atom is -0.526 e. The second kappa shape index (κ2) is 7.67. The van der Waals surface area contributed by atoms with E-state index in [-0.39, 0.29) is 4.70 Å². The zero-order chi connectivity index (χ0) is 17.7. The molecule has 1 saturated heterocycles. The van der Waals surface area contributed by atoms with E-state index >= 15 is 0 Å². The lowest BCUT2D eigenvalue weighted by Gasteiger charge is -2.37. The van der Waals surface area contributed by atoms with Crippen molar-refractivity contribution in [1.82, 2.24) is 15.8 Å². The molecule has 0 aliphatic carbocycles. The third-order valence-electron chi connectivity index (χ3n) is 4.75. The lowest BCUT2D eigenvalue weighted by atomic mass is 10.1. The molecule has 1 aliphatic rings. The number of pyridine rings is 1. The second-order valence-corrected chi connectivity index (χ2v) is 6.42. The summed E-state index contributed by atoms with van der Waals surface area (Å²) in [6.45, 7) is 1.94. The number of methoxy groups -OCH3 is 1. The number of carbonyl (C=O) groups is 1. The number of quaternary nitrogens is 1. The molecule has 0 atom stereocenters. The molecule has 0 spiro atoms. The van der Waals surface area contributed by atoms with Crippen LogP contribution >= 0.6 is 0 Å². The molecule has 0 radical (unpaired) electrons. The molecule has 0 bridgehead atoms. The summed E-state index contributed by atoms with van der Waals surface area (Å²) in [5.74, 6) is 0.772. The first-order valence-corrected chi connectivity index (χ1v) is 8.65. The number of fused-ring (bicyclic) bond motifs is 1. The summed E-state index contributed by atoms with van der Waals surface area (Å²) in [6, 6.07) is 7.71. The van der Waals surface area contributed by atoms with Crippen LogP contribution in [0.1, 0.15) is 31.2 Å². The van der Waals surface area contributed by atoms with Gasteiger partial charge in [0, 0.05) is 24.4 Å². The topological polar surface area (TPSA) is 86.3 Å². The van der Waals surface area contributed by atoms with Crippen LogP contribution < -0.4 is 20.7 Å². The van der Waals surface area contributed by atoms with Crippen LogP contribution in [0.15, 0.2) is 30.5 Å². The molecular formula is C18H24N4O3. The van der Waals surface area contributed by atoms with E-state index in [0.717, 1.165) is 47.9 Å². The smallest absolute Gasteiger partial charge is 0.187 e. The van der Waals surface area contributed by atoms with Crippen molar-refractivity contribution in [3.05, 3.63) is 36.0 Å². The molecule has 7 nitrogen and oxygen atoms in total. The van der Waals surface area contributed by atoms with Gasteiger partial charge in [0.2, 0.25) is 0 Å². The monoisotopic (exact) mass is 344 g/mol. The zero-order valence-electron chi connectivity index (χ0n) is 14.5. The van der Waals surface area contributed by atoms with Gasteiger partial charge >= 0.3 is 0 Å². The van der Waals surface area contributed by atoms with Crippen molar-refractivity contribution in [2.75, 3.05) is 20.2 Å². The van der Waals surface area contributed by atoms with E-state index in [4.69, 9.17) is 4.74 Å². The first-order chi connectivity index (χ1) is 12.1. The van der Waals surface area contributed by atoms with Crippen LogP contribution in [0.4, 0.5) is 4.79 Å². The summed E-state index contributed by atoms with van der Waals surface area (Å²) < 4.78 is 5.45. The lowest BCUT2D eigenvalue weighted by Crippen LogP contribution is -2.69. The van der Waals surface area contributed by atoms with Crippen LogP contribution in [0, 0.1) is 0 Å². The van der Waals surface area contributed by atoms with Crippen LogP contribution in [-0.4, -0.2) is 36.0 Å². The molecule has 2 heterocycles. The Bertz CT molecular complexity index is 742. The fourth-order valence-corrected chi connectivity index (χ4v) is 3.41. The molecular weight excluding hydrogens is 320 g/mol. The minimum absolute atomic E-state index is 0.135. The van der Waals surface area contributed by atoms with E-state index in [1.165, 1.54) is 0 Å². The molecule has 25 heavy (non-hydrogen) atoms. The maximum Gasteiger partial charge on any atom is 0.187 e. The zero-order valence-corrected chi connectivity index (χ0v) is 14.5. The van der Waals surface area contributed by atoms with Crippen LogP contribution in [0.25, 0.3) is 10.9 Å². The highest BCUT2D eigenvalue weighted by Crippen LogP contribution is 2.23. The Labute approximate surface area is 147 Å². The number of amides is 1. The molecule has 2 N–H and O–H groups in total. The highest BCUT2D eigenvalue weighted by molar-refractivity contribution is 5.83. The number of nitrogens with one attached hydrogen (secondary N) is 2. The Morgan fingerprint density at radius 3 is 2.68 bits per heavy atom. The van der Waals surface area contributed by atoms with Gasteiger partial charge in [-0.05, 0) is 42.7 Å². The summed E-state index contributed by atoms with van der Waals surface area (Å²) in [5, 5.41) is 12.2. The summed E-state index contributed by atoms with van der Waals surface area (Å²) in [4.78, 5) is 15.6. The first-order valence-electron chi connectivity index (χ1n) is 8.65. The van der Waals surface area contributed by atoms with Crippen LogP contribution in [-0.2, 0) is 6.54 Å². The standard InChI is InChI=1S/C18H24N4O3/c1-25-15-6-7-17-16(12-15)14(8-9-19-17)13-20-22(21-18(23)24)10-4-2-3-5-11-22/h6-9,12,20-21H,2-5,10-11,13H2,1H3. The van der Waals surface area contributed by atoms with E-state index in [2.05, 4.69) is 15.8 Å². The second-order valence-electron chi connectivity index (χ2n) is 6.42. The van der Waals surface area contributed by atoms with Gasteiger partial charge in [-0.3, -0.25) is 4.98 Å². The molecule has 1 amide bonds. The van der Waals surface area contributed by atoms with Gasteiger partial charge in [0.05, 0.1) is 19.2 Å². The third kappa shape index (κ3) is 4.18. The summed E-state index contributed by atoms with van der Waals surface area (Å²) in [5.41, 5.74) is 7.89. The number of hydrogen-bond acceptors (Lipinski definition) is 5. The molecule has 1 fully saturated rings. The van der Waals surface area contributed by atoms with Gasteiger partial charge in [-0.15, -0.1) is 10.1 Å². The molecule has 1 aliphatic heterocycles. The Morgan fingerprint density at radius 2 is 2.00 bits per heavy atom. The van der Waals surface area contributed by atoms with Crippen molar-refractivity contribution in [2.24, 2.45) is 0 Å². The van der Waals surface area contributed by atoms with E-state index in [9.17, 15) is 9.90 Å².